The molecule has 2 N–H and O–H groups in total. The van der Waals surface area contributed by atoms with Crippen molar-refractivity contribution in [2.75, 3.05) is 6.61 Å². The van der Waals surface area contributed by atoms with Gasteiger partial charge in [-0.2, -0.15) is 5.10 Å². The lowest BCUT2D eigenvalue weighted by Gasteiger charge is -2.13. The van der Waals surface area contributed by atoms with Gasteiger partial charge in [0.15, 0.2) is 0 Å². The number of nitrogens with zero attached hydrogens (tertiary/aromatic N) is 2. The van der Waals surface area contributed by atoms with Crippen molar-refractivity contribution in [3.63, 3.8) is 0 Å². The Kier molecular flexibility index (Phi) is 5.85. The van der Waals surface area contributed by atoms with E-state index in [4.69, 9.17) is 5.11 Å². The first-order valence-electron chi connectivity index (χ1n) is 6.58. The maximum Gasteiger partial charge on any atom is 0.255 e. The Morgan fingerprint density at radius 1 is 1.56 bits per heavy atom. The molecule has 0 aliphatic carbocycles. The second-order valence-corrected chi connectivity index (χ2v) is 4.48. The fraction of sp³-hybridized carbons (Fsp3) is 0.692. The van der Waals surface area contributed by atoms with Gasteiger partial charge >= 0.3 is 0 Å². The van der Waals surface area contributed by atoms with Gasteiger partial charge in [0.05, 0.1) is 24.4 Å². The number of aliphatic hydroxyl groups is 1. The number of hydrogen-bond acceptors (Lipinski definition) is 3. The molecule has 0 saturated heterocycles. The lowest BCUT2D eigenvalue weighted by Crippen LogP contribution is -2.37. The fourth-order valence-electron chi connectivity index (χ4n) is 1.74. The number of aromatic nitrogens is 2. The average Bonchev–Trinajstić information content (AvgIpc) is 2.74. The molecule has 1 rings (SSSR count). The van der Waals surface area contributed by atoms with Gasteiger partial charge in [-0.05, 0) is 19.8 Å². The molecule has 1 atom stereocenters. The molecule has 0 radical (unpaired) electrons. The molecule has 1 unspecified atom stereocenters. The predicted molar refractivity (Wildman–Crippen MR) is 70.5 cm³/mol. The van der Waals surface area contributed by atoms with Crippen LogP contribution in [0.15, 0.2) is 6.20 Å². The van der Waals surface area contributed by atoms with Crippen LogP contribution in [0.5, 0.6) is 0 Å². The summed E-state index contributed by atoms with van der Waals surface area (Å²) in [6.45, 7) is 6.76. The number of nitrogens with one attached hydrogen (secondary N) is 1. The van der Waals surface area contributed by atoms with Gasteiger partial charge in [-0.1, -0.05) is 20.3 Å². The standard InChI is InChI=1S/C13H23N3O2/c1-4-6-7-16-10(3)12(8-14-16)13(18)15-11(5-2)9-17/h8,11,17H,4-7,9H2,1-3H3,(H,15,18). The van der Waals surface area contributed by atoms with Gasteiger partial charge in [-0.15, -0.1) is 0 Å². The van der Waals surface area contributed by atoms with Crippen molar-refractivity contribution in [2.24, 2.45) is 0 Å². The molecule has 0 bridgehead atoms. The number of hydrogen-bond donors (Lipinski definition) is 2. The van der Waals surface area contributed by atoms with Crippen LogP contribution < -0.4 is 5.32 Å². The van der Waals surface area contributed by atoms with E-state index in [0.717, 1.165) is 25.1 Å². The molecule has 0 spiro atoms. The van der Waals surface area contributed by atoms with E-state index in [-0.39, 0.29) is 18.6 Å². The Labute approximate surface area is 108 Å². The third kappa shape index (κ3) is 3.57. The molecule has 102 valence electrons. The van der Waals surface area contributed by atoms with Crippen LogP contribution >= 0.6 is 0 Å². The molecule has 18 heavy (non-hydrogen) atoms. The Balaban J connectivity index is 2.71. The van der Waals surface area contributed by atoms with E-state index in [1.165, 1.54) is 0 Å². The van der Waals surface area contributed by atoms with Crippen molar-refractivity contribution in [3.05, 3.63) is 17.5 Å². The number of carbonyl (C=O) groups is 1. The Morgan fingerprint density at radius 2 is 2.28 bits per heavy atom. The smallest absolute Gasteiger partial charge is 0.255 e. The molecule has 1 heterocycles. The number of rotatable bonds is 7. The van der Waals surface area contributed by atoms with Crippen molar-refractivity contribution in [2.45, 2.75) is 52.6 Å². The molecular weight excluding hydrogens is 230 g/mol. The van der Waals surface area contributed by atoms with E-state index >= 15 is 0 Å². The van der Waals surface area contributed by atoms with E-state index in [1.54, 1.807) is 6.20 Å². The maximum absolute atomic E-state index is 12.0. The molecule has 1 aromatic rings. The summed E-state index contributed by atoms with van der Waals surface area (Å²) in [5.41, 5.74) is 1.48. The van der Waals surface area contributed by atoms with Crippen molar-refractivity contribution >= 4 is 5.91 Å². The summed E-state index contributed by atoms with van der Waals surface area (Å²) in [5, 5.41) is 16.1. The minimum atomic E-state index is -0.184. The lowest BCUT2D eigenvalue weighted by atomic mass is 10.2. The summed E-state index contributed by atoms with van der Waals surface area (Å²) in [6.07, 6.45) is 4.47. The van der Waals surface area contributed by atoms with E-state index in [2.05, 4.69) is 17.3 Å². The zero-order valence-corrected chi connectivity index (χ0v) is 11.4. The highest BCUT2D eigenvalue weighted by Gasteiger charge is 2.16. The highest BCUT2D eigenvalue weighted by molar-refractivity contribution is 5.95. The minimum Gasteiger partial charge on any atom is -0.394 e. The molecule has 0 aliphatic rings. The monoisotopic (exact) mass is 253 g/mol. The third-order valence-electron chi connectivity index (χ3n) is 3.12. The molecular formula is C13H23N3O2. The molecule has 5 nitrogen and oxygen atoms in total. The number of amides is 1. The summed E-state index contributed by atoms with van der Waals surface area (Å²) in [7, 11) is 0. The molecule has 0 fully saturated rings. The van der Waals surface area contributed by atoms with Crippen LogP contribution in [0.25, 0.3) is 0 Å². The topological polar surface area (TPSA) is 67.2 Å². The van der Waals surface area contributed by atoms with Crippen LogP contribution in [0, 0.1) is 6.92 Å². The maximum atomic E-state index is 12.0. The largest absolute Gasteiger partial charge is 0.394 e. The third-order valence-corrected chi connectivity index (χ3v) is 3.12. The zero-order valence-electron chi connectivity index (χ0n) is 11.4. The average molecular weight is 253 g/mol. The minimum absolute atomic E-state index is 0.0364. The van der Waals surface area contributed by atoms with Gasteiger partial charge in [-0.3, -0.25) is 9.48 Å². The molecule has 0 aliphatic heterocycles. The van der Waals surface area contributed by atoms with Crippen LogP contribution in [-0.2, 0) is 6.54 Å². The fourth-order valence-corrected chi connectivity index (χ4v) is 1.74. The van der Waals surface area contributed by atoms with Gasteiger partial charge in [0.2, 0.25) is 0 Å². The van der Waals surface area contributed by atoms with Gasteiger partial charge < -0.3 is 10.4 Å². The highest BCUT2D eigenvalue weighted by Crippen LogP contribution is 2.09. The first-order valence-corrected chi connectivity index (χ1v) is 6.58. The van der Waals surface area contributed by atoms with Crippen LogP contribution in [0.2, 0.25) is 0 Å². The van der Waals surface area contributed by atoms with Gasteiger partial charge in [0, 0.05) is 12.2 Å². The Morgan fingerprint density at radius 3 is 2.83 bits per heavy atom. The van der Waals surface area contributed by atoms with Crippen LogP contribution in [0.4, 0.5) is 0 Å². The zero-order chi connectivity index (χ0) is 13.5. The summed E-state index contributed by atoms with van der Waals surface area (Å²) >= 11 is 0. The van der Waals surface area contributed by atoms with Gasteiger partial charge in [0.1, 0.15) is 0 Å². The first-order chi connectivity index (χ1) is 8.63. The second kappa shape index (κ2) is 7.16. The van der Waals surface area contributed by atoms with Crippen molar-refractivity contribution < 1.29 is 9.90 Å². The Hall–Kier alpha value is -1.36. The molecule has 1 amide bonds. The van der Waals surface area contributed by atoms with Crippen LogP contribution in [0.3, 0.4) is 0 Å². The second-order valence-electron chi connectivity index (χ2n) is 4.48. The first kappa shape index (κ1) is 14.7. The normalized spacial score (nSPS) is 12.4. The highest BCUT2D eigenvalue weighted by atomic mass is 16.3. The SMILES string of the molecule is CCCCn1ncc(C(=O)NC(CC)CO)c1C. The summed E-state index contributed by atoms with van der Waals surface area (Å²) < 4.78 is 1.86. The van der Waals surface area contributed by atoms with E-state index in [0.29, 0.717) is 12.0 Å². The molecule has 0 saturated carbocycles. The predicted octanol–water partition coefficient (Wildman–Crippen LogP) is 1.49. The van der Waals surface area contributed by atoms with Gasteiger partial charge in [-0.25, -0.2) is 0 Å². The van der Waals surface area contributed by atoms with Gasteiger partial charge in [0.25, 0.3) is 5.91 Å². The molecule has 0 aromatic carbocycles. The summed E-state index contributed by atoms with van der Waals surface area (Å²) in [5.74, 6) is -0.156. The van der Waals surface area contributed by atoms with E-state index < -0.39 is 0 Å². The van der Waals surface area contributed by atoms with E-state index in [1.807, 2.05) is 18.5 Å². The number of unbranched alkanes of at least 4 members (excludes halogenated alkanes) is 1. The number of aliphatic hydroxyl groups excluding tert-OH is 1. The van der Waals surface area contributed by atoms with E-state index in [9.17, 15) is 4.79 Å². The number of carbonyl (C=O) groups excluding carboxylic acids is 1. The van der Waals surface area contributed by atoms with Crippen LogP contribution in [0.1, 0.15) is 49.2 Å². The van der Waals surface area contributed by atoms with Crippen LogP contribution in [-0.4, -0.2) is 33.4 Å². The molecule has 5 heteroatoms. The van der Waals surface area contributed by atoms with Crippen molar-refractivity contribution in [1.82, 2.24) is 15.1 Å². The number of aryl methyl sites for hydroxylation is 1. The van der Waals surface area contributed by atoms with Crippen molar-refractivity contribution in [3.8, 4) is 0 Å². The summed E-state index contributed by atoms with van der Waals surface area (Å²) in [4.78, 5) is 12.0. The lowest BCUT2D eigenvalue weighted by molar-refractivity contribution is 0.0914. The summed E-state index contributed by atoms with van der Waals surface area (Å²) in [6, 6.07) is -0.184. The Bertz CT molecular complexity index is 384. The quantitative estimate of drug-likeness (QED) is 0.773. The van der Waals surface area contributed by atoms with Crippen molar-refractivity contribution in [1.29, 1.82) is 0 Å². The molecule has 1 aromatic heterocycles.